The Morgan fingerprint density at radius 1 is 1.30 bits per heavy atom. The average molecular weight is 313 g/mol. The third-order valence-electron chi connectivity index (χ3n) is 3.34. The summed E-state index contributed by atoms with van der Waals surface area (Å²) in [6.07, 6.45) is 0. The van der Waals surface area contributed by atoms with E-state index in [4.69, 9.17) is 18.0 Å². The van der Waals surface area contributed by atoms with E-state index < -0.39 is 10.0 Å². The lowest BCUT2D eigenvalue weighted by Gasteiger charge is -2.33. The molecular formula is C13H19N3O2S2. The zero-order chi connectivity index (χ0) is 14.8. The van der Waals surface area contributed by atoms with Crippen molar-refractivity contribution < 1.29 is 8.42 Å². The summed E-state index contributed by atoms with van der Waals surface area (Å²) >= 11 is 4.87. The van der Waals surface area contributed by atoms with E-state index in [1.165, 1.54) is 4.31 Å². The number of benzene rings is 1. The highest BCUT2D eigenvalue weighted by Gasteiger charge is 2.28. The molecule has 1 aromatic carbocycles. The summed E-state index contributed by atoms with van der Waals surface area (Å²) in [5.74, 6) is 0. The quantitative estimate of drug-likeness (QED) is 0.824. The lowest BCUT2D eigenvalue weighted by molar-refractivity contribution is 0.209. The molecule has 2 rings (SSSR count). The molecule has 5 nitrogen and oxygen atoms in total. The predicted molar refractivity (Wildman–Crippen MR) is 83.2 cm³/mol. The minimum absolute atomic E-state index is 0.361. The Hall–Kier alpha value is -1.02. The van der Waals surface area contributed by atoms with E-state index >= 15 is 0 Å². The van der Waals surface area contributed by atoms with Gasteiger partial charge in [0.05, 0.1) is 9.88 Å². The van der Waals surface area contributed by atoms with Gasteiger partial charge in [-0.1, -0.05) is 24.4 Å². The van der Waals surface area contributed by atoms with Gasteiger partial charge in [-0.05, 0) is 24.6 Å². The molecule has 110 valence electrons. The number of nitrogens with two attached hydrogens (primary N) is 1. The second-order valence-corrected chi connectivity index (χ2v) is 7.43. The predicted octanol–water partition coefficient (Wildman–Crippen LogP) is 0.587. The maximum atomic E-state index is 12.5. The molecule has 0 unspecified atom stereocenters. The van der Waals surface area contributed by atoms with Crippen LogP contribution in [-0.2, 0) is 10.0 Å². The van der Waals surface area contributed by atoms with Gasteiger partial charge in [0.1, 0.15) is 0 Å². The fraction of sp³-hybridized carbons (Fsp3) is 0.462. The van der Waals surface area contributed by atoms with Crippen molar-refractivity contribution in [2.24, 2.45) is 5.73 Å². The third-order valence-corrected chi connectivity index (χ3v) is 5.36. The summed E-state index contributed by atoms with van der Waals surface area (Å²) < 4.78 is 26.6. The number of hydrogen-bond donors (Lipinski definition) is 1. The minimum atomic E-state index is -3.39. The minimum Gasteiger partial charge on any atom is -0.392 e. The van der Waals surface area contributed by atoms with Crippen LogP contribution in [0.3, 0.4) is 0 Å². The number of aryl methyl sites for hydroxylation is 1. The molecule has 0 bridgehead atoms. The van der Waals surface area contributed by atoms with Gasteiger partial charge in [-0.15, -0.1) is 0 Å². The van der Waals surface area contributed by atoms with Crippen LogP contribution in [0.2, 0.25) is 0 Å². The van der Waals surface area contributed by atoms with Gasteiger partial charge >= 0.3 is 0 Å². The van der Waals surface area contributed by atoms with E-state index in [9.17, 15) is 8.42 Å². The van der Waals surface area contributed by atoms with Gasteiger partial charge in [-0.3, -0.25) is 4.90 Å². The van der Waals surface area contributed by atoms with Crippen LogP contribution >= 0.6 is 12.2 Å². The molecule has 7 heteroatoms. The first kappa shape index (κ1) is 15.4. The number of nitrogens with zero attached hydrogens (tertiary/aromatic N) is 2. The van der Waals surface area contributed by atoms with Crippen molar-refractivity contribution in [3.05, 3.63) is 29.8 Å². The number of hydrogen-bond acceptors (Lipinski definition) is 4. The fourth-order valence-corrected chi connectivity index (χ4v) is 3.98. The zero-order valence-electron chi connectivity index (χ0n) is 11.4. The van der Waals surface area contributed by atoms with E-state index in [0.29, 0.717) is 42.6 Å². The molecule has 1 aromatic rings. The summed E-state index contributed by atoms with van der Waals surface area (Å²) in [6, 6.07) is 7.00. The van der Waals surface area contributed by atoms with Crippen molar-refractivity contribution >= 4 is 27.2 Å². The summed E-state index contributed by atoms with van der Waals surface area (Å²) in [5, 5.41) is 0. The highest BCUT2D eigenvalue weighted by molar-refractivity contribution is 7.89. The van der Waals surface area contributed by atoms with Gasteiger partial charge in [0.15, 0.2) is 0 Å². The van der Waals surface area contributed by atoms with Crippen molar-refractivity contribution in [3.63, 3.8) is 0 Å². The summed E-state index contributed by atoms with van der Waals surface area (Å²) in [7, 11) is -3.39. The molecule has 0 aromatic heterocycles. The highest BCUT2D eigenvalue weighted by atomic mass is 32.2. The molecule has 0 spiro atoms. The average Bonchev–Trinajstić information content (AvgIpc) is 2.38. The zero-order valence-corrected chi connectivity index (χ0v) is 13.1. The first-order valence-electron chi connectivity index (χ1n) is 6.47. The van der Waals surface area contributed by atoms with Crippen molar-refractivity contribution in [2.75, 3.05) is 32.7 Å². The van der Waals surface area contributed by atoms with Gasteiger partial charge in [0.2, 0.25) is 10.0 Å². The van der Waals surface area contributed by atoms with Crippen LogP contribution in [0.4, 0.5) is 0 Å². The van der Waals surface area contributed by atoms with Gasteiger partial charge in [0.25, 0.3) is 0 Å². The first-order valence-corrected chi connectivity index (χ1v) is 8.32. The molecule has 20 heavy (non-hydrogen) atoms. The molecule has 0 atom stereocenters. The van der Waals surface area contributed by atoms with E-state index in [0.717, 1.165) is 5.56 Å². The fourth-order valence-electron chi connectivity index (χ4n) is 2.27. The SMILES string of the molecule is Cc1cccc(S(=O)(=O)N2CCN(CC(N)=S)CC2)c1. The van der Waals surface area contributed by atoms with Gasteiger partial charge in [0, 0.05) is 32.7 Å². The molecule has 0 radical (unpaired) electrons. The van der Waals surface area contributed by atoms with Crippen LogP contribution < -0.4 is 5.73 Å². The first-order chi connectivity index (χ1) is 9.39. The highest BCUT2D eigenvalue weighted by Crippen LogP contribution is 2.18. The number of sulfonamides is 1. The Balaban J connectivity index is 2.08. The topological polar surface area (TPSA) is 66.6 Å². The maximum Gasteiger partial charge on any atom is 0.243 e. The largest absolute Gasteiger partial charge is 0.392 e. The van der Waals surface area contributed by atoms with Crippen LogP contribution in [-0.4, -0.2) is 55.3 Å². The summed E-state index contributed by atoms with van der Waals surface area (Å²) in [4.78, 5) is 2.88. The van der Waals surface area contributed by atoms with E-state index in [1.807, 2.05) is 13.0 Å². The normalized spacial score (nSPS) is 18.1. The second kappa shape index (κ2) is 6.17. The Labute approximate surface area is 125 Å². The van der Waals surface area contributed by atoms with Crippen LogP contribution in [0.25, 0.3) is 0 Å². The van der Waals surface area contributed by atoms with Crippen LogP contribution in [0.15, 0.2) is 29.2 Å². The monoisotopic (exact) mass is 313 g/mol. The van der Waals surface area contributed by atoms with Crippen molar-refractivity contribution in [1.82, 2.24) is 9.21 Å². The van der Waals surface area contributed by atoms with Crippen molar-refractivity contribution in [2.45, 2.75) is 11.8 Å². The number of piperazine rings is 1. The van der Waals surface area contributed by atoms with Crippen LogP contribution in [0.5, 0.6) is 0 Å². The molecule has 0 aliphatic carbocycles. The summed E-state index contributed by atoms with van der Waals surface area (Å²) in [6.45, 7) is 4.69. The summed E-state index contributed by atoms with van der Waals surface area (Å²) in [5.41, 5.74) is 6.45. The lowest BCUT2D eigenvalue weighted by atomic mass is 10.2. The Bertz CT molecular complexity index is 593. The number of thiocarbonyl (C=S) groups is 1. The van der Waals surface area contributed by atoms with Crippen LogP contribution in [0, 0.1) is 6.92 Å². The van der Waals surface area contributed by atoms with Gasteiger partial charge in [-0.2, -0.15) is 4.31 Å². The van der Waals surface area contributed by atoms with E-state index in [1.54, 1.807) is 18.2 Å². The maximum absolute atomic E-state index is 12.5. The molecule has 1 fully saturated rings. The Morgan fingerprint density at radius 3 is 2.50 bits per heavy atom. The van der Waals surface area contributed by atoms with Crippen molar-refractivity contribution in [1.29, 1.82) is 0 Å². The third kappa shape index (κ3) is 3.54. The second-order valence-electron chi connectivity index (χ2n) is 4.96. The lowest BCUT2D eigenvalue weighted by Crippen LogP contribution is -2.50. The van der Waals surface area contributed by atoms with E-state index in [-0.39, 0.29) is 0 Å². The molecule has 1 aliphatic heterocycles. The van der Waals surface area contributed by atoms with Gasteiger partial charge < -0.3 is 5.73 Å². The molecule has 1 heterocycles. The Morgan fingerprint density at radius 2 is 1.95 bits per heavy atom. The van der Waals surface area contributed by atoms with E-state index in [2.05, 4.69) is 4.90 Å². The molecule has 0 amide bonds. The molecule has 2 N–H and O–H groups in total. The molecule has 0 saturated carbocycles. The van der Waals surface area contributed by atoms with Crippen LogP contribution in [0.1, 0.15) is 5.56 Å². The molecule has 1 aliphatic rings. The Kier molecular flexibility index (Phi) is 4.74. The van der Waals surface area contributed by atoms with Gasteiger partial charge in [-0.25, -0.2) is 8.42 Å². The molecule has 1 saturated heterocycles. The molecular weight excluding hydrogens is 294 g/mol. The standard InChI is InChI=1S/C13H19N3O2S2/c1-11-3-2-4-12(9-11)20(17,18)16-7-5-15(6-8-16)10-13(14)19/h2-4,9H,5-8,10H2,1H3,(H2,14,19). The smallest absolute Gasteiger partial charge is 0.243 e. The number of rotatable bonds is 4. The van der Waals surface area contributed by atoms with Crippen molar-refractivity contribution in [3.8, 4) is 0 Å².